The summed E-state index contributed by atoms with van der Waals surface area (Å²) in [5, 5.41) is 2.49. The van der Waals surface area contributed by atoms with Crippen LogP contribution in [0.25, 0.3) is 6.08 Å². The minimum atomic E-state index is -0.0923. The van der Waals surface area contributed by atoms with Gasteiger partial charge in [-0.05, 0) is 56.7 Å². The first-order valence-electron chi connectivity index (χ1n) is 9.86. The van der Waals surface area contributed by atoms with E-state index in [1.165, 1.54) is 31.1 Å². The Morgan fingerprint density at radius 2 is 1.89 bits per heavy atom. The number of benzene rings is 1. The molecule has 0 saturated heterocycles. The van der Waals surface area contributed by atoms with E-state index in [0.29, 0.717) is 28.8 Å². The third-order valence-corrected chi connectivity index (χ3v) is 6.21. The molecular formula is C22H25N3O2S. The smallest absolute Gasteiger partial charge is 0.247 e. The van der Waals surface area contributed by atoms with Crippen LogP contribution in [0, 0.1) is 5.92 Å². The maximum absolute atomic E-state index is 12.8. The molecule has 2 saturated carbocycles. The highest BCUT2D eigenvalue weighted by Crippen LogP contribution is 2.40. The van der Waals surface area contributed by atoms with Gasteiger partial charge in [0.1, 0.15) is 0 Å². The lowest BCUT2D eigenvalue weighted by molar-refractivity contribution is -0.129. The number of para-hydroxylation sites is 1. The van der Waals surface area contributed by atoms with Gasteiger partial charge in [0.15, 0.2) is 5.13 Å². The molecule has 0 aliphatic heterocycles. The predicted octanol–water partition coefficient (Wildman–Crippen LogP) is 4.63. The topological polar surface area (TPSA) is 53.5 Å². The first-order valence-corrected chi connectivity index (χ1v) is 10.7. The van der Waals surface area contributed by atoms with E-state index in [4.69, 9.17) is 0 Å². The summed E-state index contributed by atoms with van der Waals surface area (Å²) in [6, 6.07) is 10.2. The third kappa shape index (κ3) is 4.17. The molecule has 0 N–H and O–H groups in total. The van der Waals surface area contributed by atoms with E-state index in [-0.39, 0.29) is 11.8 Å². The number of thiazole rings is 1. The first-order chi connectivity index (χ1) is 13.5. The van der Waals surface area contributed by atoms with Gasteiger partial charge in [-0.1, -0.05) is 18.2 Å². The van der Waals surface area contributed by atoms with Gasteiger partial charge in [0.25, 0.3) is 0 Å². The van der Waals surface area contributed by atoms with Gasteiger partial charge in [-0.3, -0.25) is 14.5 Å². The number of anilines is 2. The molecule has 5 nitrogen and oxygen atoms in total. The summed E-state index contributed by atoms with van der Waals surface area (Å²) in [4.78, 5) is 33.2. The normalized spacial score (nSPS) is 17.5. The largest absolute Gasteiger partial charge is 0.333 e. The van der Waals surface area contributed by atoms with E-state index in [1.807, 2.05) is 35.7 Å². The first kappa shape index (κ1) is 18.9. The van der Waals surface area contributed by atoms with Crippen molar-refractivity contribution in [2.24, 2.45) is 5.92 Å². The molecule has 4 rings (SSSR count). The quantitative estimate of drug-likeness (QED) is 0.642. The fourth-order valence-corrected chi connectivity index (χ4v) is 4.43. The number of amides is 2. The van der Waals surface area contributed by atoms with E-state index < -0.39 is 0 Å². The van der Waals surface area contributed by atoms with Crippen LogP contribution < -0.4 is 4.90 Å². The van der Waals surface area contributed by atoms with E-state index >= 15 is 0 Å². The Kier molecular flexibility index (Phi) is 5.31. The third-order valence-electron chi connectivity index (χ3n) is 5.36. The highest BCUT2D eigenvalue weighted by atomic mass is 32.1. The van der Waals surface area contributed by atoms with Crippen LogP contribution in [0.2, 0.25) is 0 Å². The summed E-state index contributed by atoms with van der Waals surface area (Å²) < 4.78 is 0. The zero-order chi connectivity index (χ0) is 19.7. The van der Waals surface area contributed by atoms with Gasteiger partial charge >= 0.3 is 0 Å². The molecule has 1 aromatic carbocycles. The van der Waals surface area contributed by atoms with Crippen molar-refractivity contribution in [2.75, 3.05) is 4.90 Å². The lowest BCUT2D eigenvalue weighted by Gasteiger charge is -2.28. The Morgan fingerprint density at radius 1 is 1.18 bits per heavy atom. The van der Waals surface area contributed by atoms with Gasteiger partial charge in [0.2, 0.25) is 11.8 Å². The van der Waals surface area contributed by atoms with Crippen molar-refractivity contribution < 1.29 is 9.59 Å². The molecule has 1 heterocycles. The van der Waals surface area contributed by atoms with Gasteiger partial charge in [0.05, 0.1) is 11.4 Å². The second-order valence-corrected chi connectivity index (χ2v) is 8.47. The SMILES string of the molecule is CC(=O)N(c1ccccc1)c1nc(C=CC(=O)N(C2CC2)C(C)C2CC2)cs1. The second-order valence-electron chi connectivity index (χ2n) is 7.63. The van der Waals surface area contributed by atoms with Gasteiger partial charge in [-0.2, -0.15) is 0 Å². The summed E-state index contributed by atoms with van der Waals surface area (Å²) in [6.07, 6.45) is 8.09. The highest BCUT2D eigenvalue weighted by Gasteiger charge is 2.40. The second kappa shape index (κ2) is 7.87. The van der Waals surface area contributed by atoms with Crippen LogP contribution in [0.4, 0.5) is 10.8 Å². The number of rotatable bonds is 7. The molecule has 0 bridgehead atoms. The summed E-state index contributed by atoms with van der Waals surface area (Å²) >= 11 is 1.40. The van der Waals surface area contributed by atoms with Crippen LogP contribution in [0.5, 0.6) is 0 Å². The molecule has 2 aliphatic carbocycles. The lowest BCUT2D eigenvalue weighted by Crippen LogP contribution is -2.40. The van der Waals surface area contributed by atoms with Crippen molar-refractivity contribution >= 4 is 40.0 Å². The molecule has 2 amide bonds. The van der Waals surface area contributed by atoms with Gasteiger partial charge in [-0.25, -0.2) is 4.98 Å². The zero-order valence-electron chi connectivity index (χ0n) is 16.2. The zero-order valence-corrected chi connectivity index (χ0v) is 17.1. The van der Waals surface area contributed by atoms with Crippen molar-refractivity contribution in [1.29, 1.82) is 0 Å². The van der Waals surface area contributed by atoms with Crippen LogP contribution in [0.1, 0.15) is 45.2 Å². The van der Waals surface area contributed by atoms with E-state index in [1.54, 1.807) is 17.1 Å². The highest BCUT2D eigenvalue weighted by molar-refractivity contribution is 7.14. The molecule has 2 fully saturated rings. The van der Waals surface area contributed by atoms with Crippen molar-refractivity contribution in [2.45, 2.75) is 51.6 Å². The van der Waals surface area contributed by atoms with Crippen LogP contribution in [0.3, 0.4) is 0 Å². The number of hydrogen-bond acceptors (Lipinski definition) is 4. The van der Waals surface area contributed by atoms with Crippen LogP contribution in [0.15, 0.2) is 41.8 Å². The molecule has 2 aromatic rings. The minimum absolute atomic E-state index is 0.0722. The number of carbonyl (C=O) groups excluding carboxylic acids is 2. The van der Waals surface area contributed by atoms with Crippen molar-refractivity contribution in [3.8, 4) is 0 Å². The Balaban J connectivity index is 1.49. The molecule has 6 heteroatoms. The number of aromatic nitrogens is 1. The summed E-state index contributed by atoms with van der Waals surface area (Å²) in [6.45, 7) is 3.70. The predicted molar refractivity (Wildman–Crippen MR) is 112 cm³/mol. The number of nitrogens with zero attached hydrogens (tertiary/aromatic N) is 3. The molecule has 28 heavy (non-hydrogen) atoms. The van der Waals surface area contributed by atoms with Crippen molar-refractivity contribution in [3.63, 3.8) is 0 Å². The Labute approximate surface area is 169 Å². The maximum Gasteiger partial charge on any atom is 0.247 e. The molecule has 146 valence electrons. The van der Waals surface area contributed by atoms with E-state index in [0.717, 1.165) is 18.5 Å². The van der Waals surface area contributed by atoms with Crippen molar-refractivity contribution in [3.05, 3.63) is 47.5 Å². The lowest BCUT2D eigenvalue weighted by atomic mass is 10.1. The van der Waals surface area contributed by atoms with Crippen molar-refractivity contribution in [1.82, 2.24) is 9.88 Å². The van der Waals surface area contributed by atoms with E-state index in [9.17, 15) is 9.59 Å². The van der Waals surface area contributed by atoms with Crippen LogP contribution in [-0.4, -0.2) is 33.8 Å². The molecular weight excluding hydrogens is 370 g/mol. The van der Waals surface area contributed by atoms with Gasteiger partial charge in [-0.15, -0.1) is 11.3 Å². The van der Waals surface area contributed by atoms with Crippen LogP contribution in [-0.2, 0) is 9.59 Å². The Hall–Kier alpha value is -2.47. The average Bonchev–Trinajstić information content (AvgIpc) is 3.60. The van der Waals surface area contributed by atoms with E-state index in [2.05, 4.69) is 16.8 Å². The number of hydrogen-bond donors (Lipinski definition) is 0. The van der Waals surface area contributed by atoms with Gasteiger partial charge < -0.3 is 4.90 Å². The molecule has 2 aliphatic rings. The number of carbonyl (C=O) groups is 2. The monoisotopic (exact) mass is 395 g/mol. The van der Waals surface area contributed by atoms with Gasteiger partial charge in [0, 0.05) is 30.5 Å². The fourth-order valence-electron chi connectivity index (χ4n) is 3.57. The summed E-state index contributed by atoms with van der Waals surface area (Å²) in [5.74, 6) is 0.645. The maximum atomic E-state index is 12.8. The molecule has 0 spiro atoms. The molecule has 1 atom stereocenters. The standard InChI is InChI=1S/C22H25N3O2S/c1-15(17-8-9-17)24(20-11-12-20)21(27)13-10-18-14-28-22(23-18)25(16(2)26)19-6-4-3-5-7-19/h3-7,10,13-15,17,20H,8-9,11-12H2,1-2H3. The minimum Gasteiger partial charge on any atom is -0.333 e. The fraction of sp³-hybridized carbons (Fsp3) is 0.409. The Bertz CT molecular complexity index is 884. The summed E-state index contributed by atoms with van der Waals surface area (Å²) in [7, 11) is 0. The average molecular weight is 396 g/mol. The Morgan fingerprint density at radius 3 is 2.50 bits per heavy atom. The molecule has 0 radical (unpaired) electrons. The van der Waals surface area contributed by atoms with Crippen LogP contribution >= 0.6 is 11.3 Å². The summed E-state index contributed by atoms with van der Waals surface area (Å²) in [5.41, 5.74) is 1.49. The molecule has 1 aromatic heterocycles. The molecule has 1 unspecified atom stereocenters.